The van der Waals surface area contributed by atoms with Crippen LogP contribution in [0.5, 0.6) is 0 Å². The van der Waals surface area contributed by atoms with Crippen LogP contribution in [0.3, 0.4) is 0 Å². The zero-order valence-electron chi connectivity index (χ0n) is 16.6. The summed E-state index contributed by atoms with van der Waals surface area (Å²) in [5, 5.41) is 11.1. The monoisotopic (exact) mass is 431 g/mol. The van der Waals surface area contributed by atoms with Crippen molar-refractivity contribution in [2.75, 3.05) is 32.5 Å². The van der Waals surface area contributed by atoms with Gasteiger partial charge in [0.1, 0.15) is 12.4 Å². The van der Waals surface area contributed by atoms with Gasteiger partial charge in [-0.05, 0) is 50.3 Å². The van der Waals surface area contributed by atoms with E-state index in [-0.39, 0.29) is 19.1 Å². The molecule has 0 saturated carbocycles. The van der Waals surface area contributed by atoms with E-state index >= 15 is 0 Å². The van der Waals surface area contributed by atoms with Gasteiger partial charge in [-0.15, -0.1) is 23.1 Å². The summed E-state index contributed by atoms with van der Waals surface area (Å²) >= 11 is 2.89. The highest BCUT2D eigenvalue weighted by Gasteiger charge is 2.19. The van der Waals surface area contributed by atoms with E-state index in [2.05, 4.69) is 10.2 Å². The number of nitrogens with one attached hydrogen (secondary N) is 2. The SMILES string of the molecule is CSc1cc(C(=N)N2CCCC2)ccc1C(=O)OCCNC(=O)c1ccc(C)s1. The lowest BCUT2D eigenvalue weighted by atomic mass is 10.1. The highest BCUT2D eigenvalue weighted by Crippen LogP contribution is 2.24. The van der Waals surface area contributed by atoms with Gasteiger partial charge in [-0.2, -0.15) is 0 Å². The highest BCUT2D eigenvalue weighted by atomic mass is 32.2. The van der Waals surface area contributed by atoms with Gasteiger partial charge in [-0.25, -0.2) is 4.79 Å². The first-order valence-electron chi connectivity index (χ1n) is 9.53. The molecule has 1 aliphatic rings. The maximum atomic E-state index is 12.5. The fraction of sp³-hybridized carbons (Fsp3) is 0.381. The fourth-order valence-corrected chi connectivity index (χ4v) is 4.56. The molecule has 6 nitrogen and oxygen atoms in total. The lowest BCUT2D eigenvalue weighted by Gasteiger charge is -2.19. The van der Waals surface area contributed by atoms with Crippen molar-refractivity contribution in [3.63, 3.8) is 0 Å². The number of esters is 1. The van der Waals surface area contributed by atoms with Crippen molar-refractivity contribution in [1.82, 2.24) is 10.2 Å². The van der Waals surface area contributed by atoms with E-state index in [0.29, 0.717) is 16.3 Å². The number of thiophene rings is 1. The van der Waals surface area contributed by atoms with E-state index in [0.717, 1.165) is 41.3 Å². The first kappa shape index (κ1) is 21.4. The van der Waals surface area contributed by atoms with Crippen LogP contribution >= 0.6 is 23.1 Å². The molecule has 1 amide bonds. The lowest BCUT2D eigenvalue weighted by Crippen LogP contribution is -2.28. The molecule has 2 heterocycles. The smallest absolute Gasteiger partial charge is 0.339 e. The van der Waals surface area contributed by atoms with Gasteiger partial charge >= 0.3 is 5.97 Å². The summed E-state index contributed by atoms with van der Waals surface area (Å²) < 4.78 is 5.33. The number of rotatable bonds is 7. The third-order valence-electron chi connectivity index (χ3n) is 4.70. The van der Waals surface area contributed by atoms with Crippen LogP contribution in [0.4, 0.5) is 0 Å². The van der Waals surface area contributed by atoms with Crippen LogP contribution in [-0.2, 0) is 4.74 Å². The molecule has 0 atom stereocenters. The Morgan fingerprint density at radius 2 is 2.00 bits per heavy atom. The highest BCUT2D eigenvalue weighted by molar-refractivity contribution is 7.98. The van der Waals surface area contributed by atoms with Gasteiger partial charge in [0.25, 0.3) is 5.91 Å². The van der Waals surface area contributed by atoms with Crippen molar-refractivity contribution in [3.8, 4) is 0 Å². The Hall–Kier alpha value is -2.32. The second kappa shape index (κ2) is 9.93. The number of ether oxygens (including phenoxy) is 1. The minimum absolute atomic E-state index is 0.105. The zero-order valence-corrected chi connectivity index (χ0v) is 18.3. The summed E-state index contributed by atoms with van der Waals surface area (Å²) in [5.41, 5.74) is 1.29. The number of carbonyl (C=O) groups excluding carboxylic acids is 2. The van der Waals surface area contributed by atoms with Crippen molar-refractivity contribution >= 4 is 40.8 Å². The number of hydrogen-bond donors (Lipinski definition) is 2. The standard InChI is InChI=1S/C21H25N3O3S2/c1-14-5-8-17(29-14)20(25)23-9-12-27-21(26)16-7-6-15(13-18(16)28-2)19(22)24-10-3-4-11-24/h5-8,13,22H,3-4,9-12H2,1-2H3,(H,23,25). The van der Waals surface area contributed by atoms with Crippen molar-refractivity contribution < 1.29 is 14.3 Å². The normalized spacial score (nSPS) is 13.4. The first-order chi connectivity index (χ1) is 14.0. The van der Waals surface area contributed by atoms with Crippen LogP contribution in [0.2, 0.25) is 0 Å². The van der Waals surface area contributed by atoms with E-state index in [1.165, 1.54) is 23.1 Å². The number of nitrogens with zero attached hydrogens (tertiary/aromatic N) is 1. The average Bonchev–Trinajstić information content (AvgIpc) is 3.41. The number of hydrogen-bond acceptors (Lipinski definition) is 6. The second-order valence-corrected chi connectivity index (χ2v) is 8.90. The fourth-order valence-electron chi connectivity index (χ4n) is 3.16. The van der Waals surface area contributed by atoms with E-state index < -0.39 is 5.97 Å². The molecular formula is C21H25N3O3S2. The number of aryl methyl sites for hydroxylation is 1. The van der Waals surface area contributed by atoms with E-state index in [1.807, 2.05) is 25.3 Å². The lowest BCUT2D eigenvalue weighted by molar-refractivity contribution is 0.0499. The molecule has 1 aromatic carbocycles. The molecular weight excluding hydrogens is 406 g/mol. The molecule has 0 spiro atoms. The number of thioether (sulfide) groups is 1. The Bertz CT molecular complexity index is 904. The van der Waals surface area contributed by atoms with Gasteiger partial charge in [0.2, 0.25) is 0 Å². The summed E-state index contributed by atoms with van der Waals surface area (Å²) in [6.45, 7) is 4.13. The van der Waals surface area contributed by atoms with Crippen molar-refractivity contribution in [3.05, 3.63) is 51.2 Å². The minimum Gasteiger partial charge on any atom is -0.460 e. The number of benzene rings is 1. The number of amidine groups is 1. The summed E-state index contributed by atoms with van der Waals surface area (Å²) in [4.78, 5) is 29.1. The molecule has 2 N–H and O–H groups in total. The largest absolute Gasteiger partial charge is 0.460 e. The summed E-state index contributed by atoms with van der Waals surface area (Å²) in [6, 6.07) is 9.09. The third kappa shape index (κ3) is 5.39. The van der Waals surface area contributed by atoms with Gasteiger partial charge in [-0.3, -0.25) is 10.2 Å². The first-order valence-corrected chi connectivity index (χ1v) is 11.6. The van der Waals surface area contributed by atoms with Gasteiger partial charge in [-0.1, -0.05) is 6.07 Å². The van der Waals surface area contributed by atoms with Crippen LogP contribution in [0.15, 0.2) is 35.2 Å². The van der Waals surface area contributed by atoms with Crippen LogP contribution in [0.25, 0.3) is 0 Å². The van der Waals surface area contributed by atoms with E-state index in [9.17, 15) is 9.59 Å². The molecule has 1 aromatic heterocycles. The molecule has 2 aromatic rings. The number of likely N-dealkylation sites (tertiary alicyclic amines) is 1. The number of amides is 1. The average molecular weight is 432 g/mol. The van der Waals surface area contributed by atoms with E-state index in [4.69, 9.17) is 10.1 Å². The maximum Gasteiger partial charge on any atom is 0.339 e. The molecule has 0 radical (unpaired) electrons. The van der Waals surface area contributed by atoms with Crippen LogP contribution in [0, 0.1) is 12.3 Å². The zero-order chi connectivity index (χ0) is 20.8. The van der Waals surface area contributed by atoms with Crippen molar-refractivity contribution in [1.29, 1.82) is 5.41 Å². The number of carbonyl (C=O) groups is 2. The molecule has 0 unspecified atom stereocenters. The summed E-state index contributed by atoms with van der Waals surface area (Å²) in [7, 11) is 0. The van der Waals surface area contributed by atoms with Crippen LogP contribution in [0.1, 0.15) is 43.3 Å². The summed E-state index contributed by atoms with van der Waals surface area (Å²) in [6.07, 6.45) is 4.13. The molecule has 1 saturated heterocycles. The predicted molar refractivity (Wildman–Crippen MR) is 118 cm³/mol. The maximum absolute atomic E-state index is 12.5. The Morgan fingerprint density at radius 3 is 2.66 bits per heavy atom. The molecule has 1 fully saturated rings. The van der Waals surface area contributed by atoms with Gasteiger partial charge in [0.15, 0.2) is 0 Å². The van der Waals surface area contributed by atoms with Crippen LogP contribution < -0.4 is 5.32 Å². The Labute approximate surface area is 179 Å². The van der Waals surface area contributed by atoms with Crippen molar-refractivity contribution in [2.24, 2.45) is 0 Å². The molecule has 8 heteroatoms. The van der Waals surface area contributed by atoms with E-state index in [1.54, 1.807) is 18.2 Å². The molecule has 0 bridgehead atoms. The minimum atomic E-state index is -0.421. The van der Waals surface area contributed by atoms with Gasteiger partial charge in [0, 0.05) is 28.4 Å². The Kier molecular flexibility index (Phi) is 7.33. The summed E-state index contributed by atoms with van der Waals surface area (Å²) in [5.74, 6) is -0.0761. The quantitative estimate of drug-likeness (QED) is 0.229. The molecule has 3 rings (SSSR count). The van der Waals surface area contributed by atoms with Gasteiger partial charge < -0.3 is 15.0 Å². The second-order valence-electron chi connectivity index (χ2n) is 6.76. The Balaban J connectivity index is 1.54. The topological polar surface area (TPSA) is 82.5 Å². The van der Waals surface area contributed by atoms with Crippen molar-refractivity contribution in [2.45, 2.75) is 24.7 Å². The third-order valence-corrected chi connectivity index (χ3v) is 6.48. The van der Waals surface area contributed by atoms with Crippen LogP contribution in [-0.4, -0.2) is 55.1 Å². The molecule has 154 valence electrons. The molecule has 29 heavy (non-hydrogen) atoms. The molecule has 1 aliphatic heterocycles. The van der Waals surface area contributed by atoms with Gasteiger partial charge in [0.05, 0.1) is 17.0 Å². The predicted octanol–water partition coefficient (Wildman–Crippen LogP) is 3.79. The Morgan fingerprint density at radius 1 is 1.24 bits per heavy atom. The molecule has 0 aliphatic carbocycles.